The number of amides is 1. The van der Waals surface area contributed by atoms with Crippen LogP contribution in [0.5, 0.6) is 11.5 Å². The summed E-state index contributed by atoms with van der Waals surface area (Å²) in [5, 5.41) is 2.97. The van der Waals surface area contributed by atoms with E-state index in [1.807, 2.05) is 18.2 Å². The highest BCUT2D eigenvalue weighted by Gasteiger charge is 2.23. The fourth-order valence-electron chi connectivity index (χ4n) is 3.24. The molecule has 1 atom stereocenters. The van der Waals surface area contributed by atoms with E-state index in [9.17, 15) is 4.79 Å². The van der Waals surface area contributed by atoms with Crippen LogP contribution in [0.1, 0.15) is 32.6 Å². The van der Waals surface area contributed by atoms with Crippen LogP contribution in [0, 0.1) is 0 Å². The summed E-state index contributed by atoms with van der Waals surface area (Å²) in [7, 11) is 0. The molecule has 1 aromatic rings. The number of hydrogen-bond acceptors (Lipinski definition) is 4. The van der Waals surface area contributed by atoms with Crippen molar-refractivity contribution in [2.24, 2.45) is 0 Å². The highest BCUT2D eigenvalue weighted by Crippen LogP contribution is 2.32. The summed E-state index contributed by atoms with van der Waals surface area (Å²) < 4.78 is 11.0. The van der Waals surface area contributed by atoms with E-state index in [0.717, 1.165) is 24.4 Å². The highest BCUT2D eigenvalue weighted by molar-refractivity contribution is 5.92. The monoisotopic (exact) mass is 304 g/mol. The van der Waals surface area contributed by atoms with Gasteiger partial charge in [-0.05, 0) is 37.9 Å². The minimum absolute atomic E-state index is 0.0389. The second-order valence-electron chi connectivity index (χ2n) is 5.93. The number of rotatable bonds is 4. The van der Waals surface area contributed by atoms with Crippen LogP contribution in [0.3, 0.4) is 0 Å². The van der Waals surface area contributed by atoms with Crippen molar-refractivity contribution in [3.05, 3.63) is 18.2 Å². The van der Waals surface area contributed by atoms with Gasteiger partial charge in [0.05, 0.1) is 6.54 Å². The molecule has 2 aliphatic heterocycles. The van der Waals surface area contributed by atoms with Gasteiger partial charge in [0.2, 0.25) is 5.91 Å². The first-order valence-electron chi connectivity index (χ1n) is 8.20. The molecule has 5 heteroatoms. The molecule has 0 unspecified atom stereocenters. The average molecular weight is 304 g/mol. The molecule has 5 nitrogen and oxygen atoms in total. The Morgan fingerprint density at radius 2 is 2.09 bits per heavy atom. The summed E-state index contributed by atoms with van der Waals surface area (Å²) in [6.45, 7) is 4.81. The summed E-state index contributed by atoms with van der Waals surface area (Å²) >= 11 is 0. The SMILES string of the molecule is CC[C@@H]1CCCCN1CC(=O)Nc1ccc2c(c1)OCCO2. The van der Waals surface area contributed by atoms with Gasteiger partial charge in [0.25, 0.3) is 0 Å². The quantitative estimate of drug-likeness (QED) is 0.929. The van der Waals surface area contributed by atoms with Gasteiger partial charge >= 0.3 is 0 Å². The Balaban J connectivity index is 1.59. The molecule has 22 heavy (non-hydrogen) atoms. The lowest BCUT2D eigenvalue weighted by molar-refractivity contribution is -0.118. The number of ether oxygens (including phenoxy) is 2. The van der Waals surface area contributed by atoms with Crippen LogP contribution in [0.25, 0.3) is 0 Å². The maximum absolute atomic E-state index is 12.3. The van der Waals surface area contributed by atoms with Crippen LogP contribution >= 0.6 is 0 Å². The highest BCUT2D eigenvalue weighted by atomic mass is 16.6. The van der Waals surface area contributed by atoms with E-state index >= 15 is 0 Å². The first-order chi connectivity index (χ1) is 10.8. The lowest BCUT2D eigenvalue weighted by atomic mass is 10.00. The third-order valence-corrected chi connectivity index (χ3v) is 4.39. The Hall–Kier alpha value is -1.75. The largest absolute Gasteiger partial charge is 0.486 e. The Morgan fingerprint density at radius 1 is 1.27 bits per heavy atom. The summed E-state index contributed by atoms with van der Waals surface area (Å²) in [4.78, 5) is 14.6. The van der Waals surface area contributed by atoms with Crippen LogP contribution in [-0.4, -0.2) is 43.2 Å². The number of likely N-dealkylation sites (tertiary alicyclic amines) is 1. The van der Waals surface area contributed by atoms with E-state index in [1.54, 1.807) is 0 Å². The van der Waals surface area contributed by atoms with E-state index in [0.29, 0.717) is 31.5 Å². The van der Waals surface area contributed by atoms with Crippen molar-refractivity contribution in [3.63, 3.8) is 0 Å². The number of anilines is 1. The zero-order valence-electron chi connectivity index (χ0n) is 13.1. The van der Waals surface area contributed by atoms with Gasteiger partial charge in [-0.3, -0.25) is 9.69 Å². The topological polar surface area (TPSA) is 50.8 Å². The number of piperidine rings is 1. The van der Waals surface area contributed by atoms with Crippen molar-refractivity contribution in [2.45, 2.75) is 38.6 Å². The molecule has 0 aliphatic carbocycles. The third kappa shape index (κ3) is 3.53. The second-order valence-corrected chi connectivity index (χ2v) is 5.93. The van der Waals surface area contributed by atoms with E-state index in [2.05, 4.69) is 17.1 Å². The first-order valence-corrected chi connectivity index (χ1v) is 8.20. The maximum atomic E-state index is 12.3. The fraction of sp³-hybridized carbons (Fsp3) is 0.588. The normalized spacial score (nSPS) is 21.4. The smallest absolute Gasteiger partial charge is 0.238 e. The first kappa shape index (κ1) is 15.2. The molecule has 1 fully saturated rings. The number of nitrogens with one attached hydrogen (secondary N) is 1. The molecule has 0 spiro atoms. The molecule has 2 aliphatic rings. The maximum Gasteiger partial charge on any atom is 0.238 e. The minimum atomic E-state index is 0.0389. The lowest BCUT2D eigenvalue weighted by Gasteiger charge is -2.34. The molecule has 2 heterocycles. The molecule has 0 aromatic heterocycles. The lowest BCUT2D eigenvalue weighted by Crippen LogP contribution is -2.43. The van der Waals surface area contributed by atoms with Crippen LogP contribution in [0.4, 0.5) is 5.69 Å². The number of carbonyl (C=O) groups is 1. The van der Waals surface area contributed by atoms with E-state index in [4.69, 9.17) is 9.47 Å². The van der Waals surface area contributed by atoms with E-state index in [-0.39, 0.29) is 5.91 Å². The molecule has 0 bridgehead atoms. The average Bonchev–Trinajstić information content (AvgIpc) is 2.55. The van der Waals surface area contributed by atoms with Crippen molar-refractivity contribution in [1.82, 2.24) is 4.90 Å². The summed E-state index contributed by atoms with van der Waals surface area (Å²) in [5.74, 6) is 1.48. The van der Waals surface area contributed by atoms with Gasteiger partial charge < -0.3 is 14.8 Å². The molecule has 120 valence electrons. The second kappa shape index (κ2) is 7.01. The summed E-state index contributed by atoms with van der Waals surface area (Å²) in [6, 6.07) is 6.08. The molecule has 1 amide bonds. The molecule has 0 radical (unpaired) electrons. The fourth-order valence-corrected chi connectivity index (χ4v) is 3.24. The number of hydrogen-bond donors (Lipinski definition) is 1. The van der Waals surface area contributed by atoms with Crippen molar-refractivity contribution in [2.75, 3.05) is 31.6 Å². The van der Waals surface area contributed by atoms with Gasteiger partial charge in [0.1, 0.15) is 13.2 Å². The number of nitrogens with zero attached hydrogens (tertiary/aromatic N) is 1. The number of carbonyl (C=O) groups excluding carboxylic acids is 1. The van der Waals surface area contributed by atoms with Gasteiger partial charge in [-0.1, -0.05) is 13.3 Å². The van der Waals surface area contributed by atoms with Crippen LogP contribution < -0.4 is 14.8 Å². The minimum Gasteiger partial charge on any atom is -0.486 e. The van der Waals surface area contributed by atoms with Gasteiger partial charge in [0, 0.05) is 17.8 Å². The standard InChI is InChI=1S/C17H24N2O3/c1-2-14-5-3-4-8-19(14)12-17(20)18-13-6-7-15-16(11-13)22-10-9-21-15/h6-7,11,14H,2-5,8-10,12H2,1H3,(H,18,20)/t14-/m1/s1. The van der Waals surface area contributed by atoms with Crippen molar-refractivity contribution >= 4 is 11.6 Å². The van der Waals surface area contributed by atoms with Gasteiger partial charge in [-0.25, -0.2) is 0 Å². The van der Waals surface area contributed by atoms with Gasteiger partial charge in [-0.15, -0.1) is 0 Å². The van der Waals surface area contributed by atoms with Crippen LogP contribution in [0.15, 0.2) is 18.2 Å². The van der Waals surface area contributed by atoms with Crippen LogP contribution in [0.2, 0.25) is 0 Å². The van der Waals surface area contributed by atoms with Crippen molar-refractivity contribution < 1.29 is 14.3 Å². The van der Waals surface area contributed by atoms with Gasteiger partial charge in [-0.2, -0.15) is 0 Å². The Kier molecular flexibility index (Phi) is 4.83. The zero-order valence-corrected chi connectivity index (χ0v) is 13.1. The molecular weight excluding hydrogens is 280 g/mol. The number of benzene rings is 1. The molecule has 0 saturated carbocycles. The Bertz CT molecular complexity index is 533. The molecule has 3 rings (SSSR count). The molecule has 1 saturated heterocycles. The van der Waals surface area contributed by atoms with Gasteiger partial charge in [0.15, 0.2) is 11.5 Å². The molecule has 1 aromatic carbocycles. The van der Waals surface area contributed by atoms with Crippen molar-refractivity contribution in [1.29, 1.82) is 0 Å². The zero-order chi connectivity index (χ0) is 15.4. The van der Waals surface area contributed by atoms with Crippen LogP contribution in [-0.2, 0) is 4.79 Å². The predicted octanol–water partition coefficient (Wildman–Crippen LogP) is 2.66. The predicted molar refractivity (Wildman–Crippen MR) is 85.6 cm³/mol. The Labute approximate surface area is 131 Å². The molecular formula is C17H24N2O3. The third-order valence-electron chi connectivity index (χ3n) is 4.39. The Morgan fingerprint density at radius 3 is 2.91 bits per heavy atom. The van der Waals surface area contributed by atoms with E-state index in [1.165, 1.54) is 19.3 Å². The number of fused-ring (bicyclic) bond motifs is 1. The molecule has 1 N–H and O–H groups in total. The summed E-state index contributed by atoms with van der Waals surface area (Å²) in [5.41, 5.74) is 0.763. The van der Waals surface area contributed by atoms with E-state index < -0.39 is 0 Å². The van der Waals surface area contributed by atoms with Crippen molar-refractivity contribution in [3.8, 4) is 11.5 Å². The summed E-state index contributed by atoms with van der Waals surface area (Å²) in [6.07, 6.45) is 4.78.